The monoisotopic (exact) mass is 1160 g/mol. The van der Waals surface area contributed by atoms with Crippen molar-refractivity contribution in [2.24, 2.45) is 20.5 Å². The van der Waals surface area contributed by atoms with Gasteiger partial charge >= 0.3 is 118 Å². The molecule has 0 unspecified atom stereocenters. The Morgan fingerprint density at radius 3 is 1.42 bits per heavy atom. The molecule has 40 heteroatoms. The van der Waals surface area contributed by atoms with E-state index in [4.69, 9.17) is 23.1 Å². The van der Waals surface area contributed by atoms with Gasteiger partial charge in [0.15, 0.2) is 19.7 Å². The number of anilines is 6. The molecule has 29 nitrogen and oxygen atoms in total. The molecule has 1 heterocycles. The molecule has 1 aromatic heterocycles. The van der Waals surface area contributed by atoms with Gasteiger partial charge in [-0.25, -0.2) is 50.5 Å². The summed E-state index contributed by atoms with van der Waals surface area (Å²) in [5.41, 5.74) is 8.60. The van der Waals surface area contributed by atoms with Crippen molar-refractivity contribution in [2.75, 3.05) is 46.8 Å². The Balaban J connectivity index is 0.00000630. The number of sulfone groups is 2. The van der Waals surface area contributed by atoms with E-state index in [0.29, 0.717) is 6.07 Å². The van der Waals surface area contributed by atoms with Crippen LogP contribution in [0.3, 0.4) is 0 Å². The number of azo groups is 2. The maximum atomic E-state index is 12.5. The fourth-order valence-corrected chi connectivity index (χ4v) is 9.41. The number of nitrogens with zero attached hydrogens (tertiary/aromatic N) is 7. The van der Waals surface area contributed by atoms with Gasteiger partial charge in [-0.2, -0.15) is 20.1 Å². The van der Waals surface area contributed by atoms with Gasteiger partial charge in [0.25, 0.3) is 0 Å². The van der Waals surface area contributed by atoms with Crippen molar-refractivity contribution in [3.8, 4) is 0 Å². The standard InChI is InChI=1S/C31H30ClN11O18S6.4Na/c32-29-37-30(35-17-1-6-20(7-2-17)62(44,45)13-11-60-66(54,55)56)39-31(38-29)36-19-5-10-24(64(48,49)50)22(15-19)41-42-23-16-25(65(51,52)53)27(34)28(26(23)33)43-40-18-3-8-21(9-4-18)63(46,47)14-12-61-67(57,58)59;;;;/h1-10,15-16H,11-14,33-34H2,(H,48,49,50)(H,51,52,53)(H,54,55,56)(H,57,58,59)(H2,35,36,37,38,39);;;;/q;4*+1/p-4. The van der Waals surface area contributed by atoms with Gasteiger partial charge < -0.3 is 40.3 Å². The van der Waals surface area contributed by atoms with Crippen LogP contribution >= 0.6 is 11.6 Å². The molecule has 4 aromatic carbocycles. The zero-order chi connectivity index (χ0) is 49.8. The van der Waals surface area contributed by atoms with Crippen molar-refractivity contribution in [3.05, 3.63) is 78.1 Å². The van der Waals surface area contributed by atoms with E-state index in [9.17, 15) is 68.7 Å². The third kappa shape index (κ3) is 20.3. The summed E-state index contributed by atoms with van der Waals surface area (Å²) in [6.45, 7) is -1.88. The van der Waals surface area contributed by atoms with E-state index >= 15 is 0 Å². The summed E-state index contributed by atoms with van der Waals surface area (Å²) in [6, 6.07) is 12.4. The second-order valence-electron chi connectivity index (χ2n) is 12.7. The third-order valence-electron chi connectivity index (χ3n) is 8.04. The van der Waals surface area contributed by atoms with E-state index in [1.165, 1.54) is 12.1 Å². The van der Waals surface area contributed by atoms with Crippen LogP contribution in [0.15, 0.2) is 113 Å². The van der Waals surface area contributed by atoms with Gasteiger partial charge in [0.1, 0.15) is 37.3 Å². The first-order valence-electron chi connectivity index (χ1n) is 17.3. The SMILES string of the molecule is Nc1c(N=Nc2cc(Nc3nc(Cl)nc(Nc4ccc(S(=O)(=O)CCOS(=O)(=O)[O-])cc4)n3)ccc2S(=O)(=O)[O-])cc(S(=O)(=O)[O-])c(N)c1N=Nc1ccc(S(=O)(=O)CCOS(=O)(=O)[O-])cc1.[Na+].[Na+].[Na+].[Na+]. The molecular weight excluding hydrogens is 1130 g/mol. The Kier molecular flexibility index (Phi) is 25.7. The normalized spacial score (nSPS) is 12.3. The summed E-state index contributed by atoms with van der Waals surface area (Å²) >= 11 is 6.07. The second kappa shape index (κ2) is 27.2. The quantitative estimate of drug-likeness (QED) is 0.0185. The van der Waals surface area contributed by atoms with Crippen LogP contribution in [0.4, 0.5) is 57.4 Å². The van der Waals surface area contributed by atoms with E-state index < -0.39 is 129 Å². The Morgan fingerprint density at radius 2 is 0.958 bits per heavy atom. The van der Waals surface area contributed by atoms with Gasteiger partial charge in [0, 0.05) is 11.4 Å². The Morgan fingerprint density at radius 1 is 0.521 bits per heavy atom. The zero-order valence-electron chi connectivity index (χ0n) is 36.7. The third-order valence-corrected chi connectivity index (χ3v) is 14.3. The summed E-state index contributed by atoms with van der Waals surface area (Å²) < 4.78 is 195. The number of rotatable bonds is 20. The average molecular weight is 1160 g/mol. The number of hydrogen-bond donors (Lipinski definition) is 4. The minimum Gasteiger partial charge on any atom is -0.744 e. The minimum absolute atomic E-state index is 0. The molecule has 0 spiro atoms. The molecule has 0 fully saturated rings. The number of hydrogen-bond acceptors (Lipinski definition) is 29. The largest absolute Gasteiger partial charge is 1.00 e. The number of aromatic nitrogens is 3. The summed E-state index contributed by atoms with van der Waals surface area (Å²) in [7, 11) is -29.3. The summed E-state index contributed by atoms with van der Waals surface area (Å²) in [4.78, 5) is 9.19. The van der Waals surface area contributed by atoms with Crippen molar-refractivity contribution < 1.29 is 195 Å². The van der Waals surface area contributed by atoms with Crippen molar-refractivity contribution in [3.63, 3.8) is 0 Å². The van der Waals surface area contributed by atoms with Gasteiger partial charge in [-0.05, 0) is 84.4 Å². The van der Waals surface area contributed by atoms with Crippen molar-refractivity contribution in [1.82, 2.24) is 15.0 Å². The van der Waals surface area contributed by atoms with Gasteiger partial charge in [-0.15, -0.1) is 15.3 Å². The molecule has 0 aliphatic carbocycles. The smallest absolute Gasteiger partial charge is 0.744 e. The first-order chi connectivity index (χ1) is 30.9. The number of nitrogens with two attached hydrogens (primary N) is 2. The maximum absolute atomic E-state index is 12.5. The van der Waals surface area contributed by atoms with E-state index in [1.807, 2.05) is 0 Å². The zero-order valence-corrected chi connectivity index (χ0v) is 50.4. The fraction of sp³-hybridized carbons (Fsp3) is 0.129. The average Bonchev–Trinajstić information content (AvgIpc) is 3.18. The van der Waals surface area contributed by atoms with Gasteiger partial charge in [0.2, 0.25) is 38.0 Å². The predicted molar refractivity (Wildman–Crippen MR) is 226 cm³/mol. The van der Waals surface area contributed by atoms with Gasteiger partial charge in [-0.3, -0.25) is 8.37 Å². The first-order valence-corrected chi connectivity index (χ1v) is 26.5. The van der Waals surface area contributed by atoms with Crippen LogP contribution in [0.2, 0.25) is 5.28 Å². The Bertz CT molecular complexity index is 3500. The van der Waals surface area contributed by atoms with E-state index in [0.717, 1.165) is 54.6 Å². The molecule has 0 atom stereocenters. The van der Waals surface area contributed by atoms with Crippen LogP contribution in [0.5, 0.6) is 0 Å². The van der Waals surface area contributed by atoms with Crippen LogP contribution in [-0.2, 0) is 69.1 Å². The van der Waals surface area contributed by atoms with Crippen molar-refractivity contribution in [1.29, 1.82) is 0 Å². The molecule has 0 radical (unpaired) electrons. The molecule has 6 N–H and O–H groups in total. The van der Waals surface area contributed by atoms with Crippen LogP contribution in [0, 0.1) is 0 Å². The Labute approximate surface area is 498 Å². The number of halogens is 1. The van der Waals surface area contributed by atoms with Gasteiger partial charge in [-0.1, -0.05) is 0 Å². The number of nitrogens with one attached hydrogen (secondary N) is 2. The molecule has 5 aromatic rings. The summed E-state index contributed by atoms with van der Waals surface area (Å²) in [6.07, 6.45) is 0. The number of benzene rings is 4. The van der Waals surface area contributed by atoms with Crippen molar-refractivity contribution >= 4 is 130 Å². The molecule has 71 heavy (non-hydrogen) atoms. The van der Waals surface area contributed by atoms with Crippen LogP contribution in [0.1, 0.15) is 0 Å². The van der Waals surface area contributed by atoms with Crippen molar-refractivity contribution in [2.45, 2.75) is 19.6 Å². The Hall–Kier alpha value is -1.96. The van der Waals surface area contributed by atoms with Crippen LogP contribution < -0.4 is 140 Å². The minimum atomic E-state index is -5.43. The molecule has 360 valence electrons. The molecule has 0 amide bonds. The van der Waals surface area contributed by atoms with Crippen LogP contribution in [-0.4, -0.2) is 108 Å². The van der Waals surface area contributed by atoms with E-state index in [2.05, 4.69) is 54.4 Å². The maximum Gasteiger partial charge on any atom is 1.00 e. The van der Waals surface area contributed by atoms with Crippen LogP contribution in [0.25, 0.3) is 0 Å². The fourth-order valence-electron chi connectivity index (χ4n) is 5.07. The van der Waals surface area contributed by atoms with E-state index in [-0.39, 0.29) is 157 Å². The molecule has 0 saturated carbocycles. The number of nitrogen functional groups attached to an aromatic ring is 2. The van der Waals surface area contributed by atoms with E-state index in [1.54, 1.807) is 0 Å². The predicted octanol–water partition coefficient (Wildman–Crippen LogP) is -9.67. The molecule has 0 aliphatic rings. The summed E-state index contributed by atoms with van der Waals surface area (Å²) in [5.74, 6) is -2.26. The molecule has 0 bridgehead atoms. The first kappa shape index (κ1) is 67.1. The molecule has 0 saturated heterocycles. The van der Waals surface area contributed by atoms with Gasteiger partial charge in [0.05, 0.1) is 61.4 Å². The molecule has 5 rings (SSSR count). The molecular formula is C31H26ClN11Na4O18S6. The second-order valence-corrected chi connectivity index (χ2v) is 22.0. The molecule has 0 aliphatic heterocycles. The summed E-state index contributed by atoms with van der Waals surface area (Å²) in [5, 5.41) is 20.1. The topological polar surface area (TPSA) is 480 Å².